The average molecular weight is 646 g/mol. The summed E-state index contributed by atoms with van der Waals surface area (Å²) in [4.78, 5) is 15.4. The third-order valence-electron chi connectivity index (χ3n) is 15.9. The summed E-state index contributed by atoms with van der Waals surface area (Å²) in [5.74, 6) is 1.41. The van der Waals surface area contributed by atoms with Gasteiger partial charge in [0.1, 0.15) is 12.2 Å². The number of nitrogens with zero attached hydrogens (tertiary/aromatic N) is 1. The molecule has 46 heavy (non-hydrogen) atoms. The number of aliphatic hydroxyl groups excluding tert-OH is 1. The Labute approximate surface area is 277 Å². The van der Waals surface area contributed by atoms with Crippen LogP contribution in [0, 0.1) is 50.7 Å². The zero-order chi connectivity index (χ0) is 33.2. The summed E-state index contributed by atoms with van der Waals surface area (Å²) in [5, 5.41) is 23.6. The molecule has 2 saturated heterocycles. The van der Waals surface area contributed by atoms with Crippen molar-refractivity contribution >= 4 is 5.97 Å². The zero-order valence-electron chi connectivity index (χ0n) is 30.1. The number of likely N-dealkylation sites (N-methyl/N-ethyl adjacent to an activating group) is 1. The number of ether oxygens (including phenoxy) is 4. The van der Waals surface area contributed by atoms with Crippen LogP contribution in [0.1, 0.15) is 107 Å². The number of carbonyl (C=O) groups excluding carboxylic acids is 1. The molecule has 0 aromatic rings. The molecule has 5 aliphatic carbocycles. The largest absolute Gasteiger partial charge is 0.460 e. The Morgan fingerprint density at radius 1 is 1.07 bits per heavy atom. The van der Waals surface area contributed by atoms with Gasteiger partial charge in [0.15, 0.2) is 6.10 Å². The van der Waals surface area contributed by atoms with E-state index < -0.39 is 23.9 Å². The van der Waals surface area contributed by atoms with Crippen LogP contribution in [0.15, 0.2) is 0 Å². The molecule has 1 unspecified atom stereocenters. The highest BCUT2D eigenvalue weighted by molar-refractivity contribution is 5.75. The molecule has 8 heteroatoms. The van der Waals surface area contributed by atoms with Gasteiger partial charge < -0.3 is 34.1 Å². The molecule has 0 aromatic heterocycles. The molecule has 2 N–H and O–H groups in total. The third-order valence-corrected chi connectivity index (χ3v) is 15.9. The second kappa shape index (κ2) is 10.9. The van der Waals surface area contributed by atoms with Crippen molar-refractivity contribution < 1.29 is 34.0 Å². The molecule has 0 bridgehead atoms. The molecule has 2 heterocycles. The SMILES string of the molecule is CCO[C@@H]([C@H]1C[C@@H](C)[C@H]2[C@H](O1)[C@H](O)[C@@]1(C)[C@@H]3CC[C@H]4C(C)(C)[C@@H](OC(=O)[C@H]5CN(C)CCO5)CCC45C[C@@]35CC[C@]21C)C(C)(C)O. The van der Waals surface area contributed by atoms with Crippen LogP contribution in [0.25, 0.3) is 0 Å². The maximum Gasteiger partial charge on any atom is 0.336 e. The molecule has 262 valence electrons. The van der Waals surface area contributed by atoms with Crippen LogP contribution in [0.2, 0.25) is 0 Å². The second-order valence-corrected chi connectivity index (χ2v) is 18.6. The Hall–Kier alpha value is -0.770. The van der Waals surface area contributed by atoms with Crippen LogP contribution in [0.5, 0.6) is 0 Å². The van der Waals surface area contributed by atoms with E-state index in [4.69, 9.17) is 18.9 Å². The van der Waals surface area contributed by atoms with Gasteiger partial charge in [-0.2, -0.15) is 0 Å². The predicted octanol–water partition coefficient (Wildman–Crippen LogP) is 5.22. The number of hydrogen-bond donors (Lipinski definition) is 2. The van der Waals surface area contributed by atoms with Gasteiger partial charge in [-0.05, 0) is 119 Å². The normalized spacial score (nSPS) is 51.9. The minimum Gasteiger partial charge on any atom is -0.460 e. The van der Waals surface area contributed by atoms with Gasteiger partial charge in [-0.15, -0.1) is 0 Å². The lowest BCUT2D eigenvalue weighted by atomic mass is 9.41. The van der Waals surface area contributed by atoms with Crippen molar-refractivity contribution in [3.8, 4) is 0 Å². The van der Waals surface area contributed by atoms with Gasteiger partial charge >= 0.3 is 5.97 Å². The van der Waals surface area contributed by atoms with Crippen LogP contribution in [-0.2, 0) is 23.7 Å². The first kappa shape index (κ1) is 33.7. The molecule has 2 spiro atoms. The first-order valence-electron chi connectivity index (χ1n) is 18.7. The van der Waals surface area contributed by atoms with E-state index in [0.717, 1.165) is 45.1 Å². The second-order valence-electron chi connectivity index (χ2n) is 18.6. The minimum atomic E-state index is -1.03. The number of carbonyl (C=O) groups is 1. The highest BCUT2D eigenvalue weighted by Gasteiger charge is 2.84. The summed E-state index contributed by atoms with van der Waals surface area (Å²) < 4.78 is 25.2. The summed E-state index contributed by atoms with van der Waals surface area (Å²) in [6, 6.07) is 0. The molecule has 7 aliphatic rings. The van der Waals surface area contributed by atoms with E-state index in [0.29, 0.717) is 37.5 Å². The Morgan fingerprint density at radius 3 is 2.43 bits per heavy atom. The first-order valence-corrected chi connectivity index (χ1v) is 18.7. The predicted molar refractivity (Wildman–Crippen MR) is 175 cm³/mol. The molecule has 0 aromatic carbocycles. The van der Waals surface area contributed by atoms with Crippen molar-refractivity contribution in [3.63, 3.8) is 0 Å². The number of aliphatic hydroxyl groups is 2. The lowest BCUT2D eigenvalue weighted by molar-refractivity contribution is -0.215. The molecular weight excluding hydrogens is 582 g/mol. The van der Waals surface area contributed by atoms with Crippen LogP contribution in [0.3, 0.4) is 0 Å². The number of fused-ring (bicyclic) bond motifs is 4. The van der Waals surface area contributed by atoms with Gasteiger partial charge in [0.2, 0.25) is 0 Å². The van der Waals surface area contributed by atoms with Crippen LogP contribution in [0.4, 0.5) is 0 Å². The maximum absolute atomic E-state index is 13.3. The summed E-state index contributed by atoms with van der Waals surface area (Å²) in [6.45, 7) is 20.1. The number of morpholine rings is 1. The van der Waals surface area contributed by atoms with Crippen LogP contribution in [-0.4, -0.2) is 96.7 Å². The molecule has 7 fully saturated rings. The fourth-order valence-corrected chi connectivity index (χ4v) is 13.8. The van der Waals surface area contributed by atoms with Gasteiger partial charge in [-0.3, -0.25) is 0 Å². The van der Waals surface area contributed by atoms with Crippen LogP contribution >= 0.6 is 0 Å². The standard InChI is InChI=1S/C38H63NO7/c1-10-43-31(34(5,6)42)23-19-22(2)28-29(45-23)30(40)36(8)26-12-11-25-33(3,4)27(46-32(41)24-20-39(9)17-18-44-24)13-14-37(25)21-38(26,37)16-15-35(28,36)7/h22-31,40,42H,10-21H2,1-9H3/t22-,23-,24-,25+,26+,27+,28+,29+,30+,31+,35-,36-,37?,38+/m1/s1. The van der Waals surface area contributed by atoms with E-state index >= 15 is 0 Å². The van der Waals surface area contributed by atoms with Crippen molar-refractivity contribution in [3.05, 3.63) is 0 Å². The minimum absolute atomic E-state index is 0.0146. The van der Waals surface area contributed by atoms with E-state index in [1.165, 1.54) is 12.8 Å². The summed E-state index contributed by atoms with van der Waals surface area (Å²) in [6.07, 6.45) is 6.62. The van der Waals surface area contributed by atoms with E-state index in [1.54, 1.807) is 0 Å². The molecule has 5 saturated carbocycles. The van der Waals surface area contributed by atoms with E-state index in [1.807, 2.05) is 27.8 Å². The van der Waals surface area contributed by atoms with Crippen molar-refractivity contribution in [2.45, 2.75) is 149 Å². The molecule has 0 amide bonds. The number of rotatable bonds is 6. The smallest absolute Gasteiger partial charge is 0.336 e. The van der Waals surface area contributed by atoms with Gasteiger partial charge in [0, 0.05) is 30.5 Å². The Morgan fingerprint density at radius 2 is 1.76 bits per heavy atom. The van der Waals surface area contributed by atoms with Crippen molar-refractivity contribution in [1.29, 1.82) is 0 Å². The zero-order valence-corrected chi connectivity index (χ0v) is 30.1. The van der Waals surface area contributed by atoms with Crippen molar-refractivity contribution in [2.24, 2.45) is 50.7 Å². The van der Waals surface area contributed by atoms with Gasteiger partial charge in [-0.25, -0.2) is 4.79 Å². The maximum atomic E-state index is 13.3. The van der Waals surface area contributed by atoms with E-state index in [2.05, 4.69) is 39.5 Å². The molecule has 2 aliphatic heterocycles. The number of hydrogen-bond acceptors (Lipinski definition) is 8. The molecule has 14 atom stereocenters. The molecule has 8 nitrogen and oxygen atoms in total. The van der Waals surface area contributed by atoms with Gasteiger partial charge in [-0.1, -0.05) is 34.6 Å². The summed E-state index contributed by atoms with van der Waals surface area (Å²) in [7, 11) is 2.03. The fourth-order valence-electron chi connectivity index (χ4n) is 13.8. The van der Waals surface area contributed by atoms with E-state index in [9.17, 15) is 15.0 Å². The monoisotopic (exact) mass is 645 g/mol. The third kappa shape index (κ3) is 4.41. The van der Waals surface area contributed by atoms with Gasteiger partial charge in [0.05, 0.1) is 30.5 Å². The van der Waals surface area contributed by atoms with E-state index in [-0.39, 0.29) is 57.3 Å². The summed E-state index contributed by atoms with van der Waals surface area (Å²) >= 11 is 0. The lowest BCUT2D eigenvalue weighted by Gasteiger charge is -2.63. The average Bonchev–Trinajstić information content (AvgIpc) is 3.61. The van der Waals surface area contributed by atoms with Crippen molar-refractivity contribution in [2.75, 3.05) is 33.4 Å². The Bertz CT molecular complexity index is 1200. The van der Waals surface area contributed by atoms with Gasteiger partial charge in [0.25, 0.3) is 0 Å². The summed E-state index contributed by atoms with van der Waals surface area (Å²) in [5.41, 5.74) is -0.893. The molecular formula is C38H63NO7. The first-order chi connectivity index (χ1) is 21.5. The molecule has 0 radical (unpaired) electrons. The number of esters is 1. The fraction of sp³-hybridized carbons (Fsp3) is 0.974. The Kier molecular flexibility index (Phi) is 7.96. The quantitative estimate of drug-likeness (QED) is 0.380. The van der Waals surface area contributed by atoms with Crippen LogP contribution < -0.4 is 0 Å². The molecule has 7 rings (SSSR count). The lowest BCUT2D eigenvalue weighted by Crippen LogP contribution is -2.60. The van der Waals surface area contributed by atoms with Crippen molar-refractivity contribution in [1.82, 2.24) is 4.90 Å². The Balaban J connectivity index is 1.13. The topological polar surface area (TPSA) is 97.7 Å². The highest BCUT2D eigenvalue weighted by atomic mass is 16.6. The highest BCUT2D eigenvalue weighted by Crippen LogP contribution is 2.89.